The van der Waals surface area contributed by atoms with Crippen LogP contribution in [-0.2, 0) is 14.3 Å². The van der Waals surface area contributed by atoms with Crippen molar-refractivity contribution in [2.45, 2.75) is 33.6 Å². The first kappa shape index (κ1) is 23.2. The lowest BCUT2D eigenvalue weighted by Gasteiger charge is -2.28. The number of allylic oxidation sites excluding steroid dienone is 2. The van der Waals surface area contributed by atoms with Gasteiger partial charge in [0.15, 0.2) is 0 Å². The Labute approximate surface area is 191 Å². The van der Waals surface area contributed by atoms with Crippen molar-refractivity contribution in [1.82, 2.24) is 5.32 Å². The number of rotatable bonds is 7. The minimum atomic E-state index is -0.705. The van der Waals surface area contributed by atoms with Crippen LogP contribution in [0.3, 0.4) is 0 Å². The summed E-state index contributed by atoms with van der Waals surface area (Å²) in [5.74, 6) is -0.200. The number of thioether (sulfide) groups is 1. The fraction of sp³-hybridized carbons (Fsp3) is 0.292. The molecule has 2 heterocycles. The van der Waals surface area contributed by atoms with E-state index in [1.807, 2.05) is 31.2 Å². The molecule has 2 aromatic rings. The molecule has 2 N–H and O–H groups in total. The van der Waals surface area contributed by atoms with Gasteiger partial charge in [-0.1, -0.05) is 30.0 Å². The molecule has 1 aliphatic rings. The van der Waals surface area contributed by atoms with Crippen molar-refractivity contribution in [3.05, 3.63) is 75.4 Å². The largest absolute Gasteiger partial charge is 0.465 e. The normalized spacial score (nSPS) is 15.8. The predicted octanol–water partition coefficient (Wildman–Crippen LogP) is 4.53. The maximum atomic E-state index is 13.4. The molecular formula is C24H25N3O4S. The number of hydrogen-bond donors (Lipinski definition) is 2. The van der Waals surface area contributed by atoms with Gasteiger partial charge in [0, 0.05) is 11.4 Å². The number of para-hydroxylation sites is 1. The van der Waals surface area contributed by atoms with Crippen LogP contribution in [-0.4, -0.2) is 24.2 Å². The van der Waals surface area contributed by atoms with Gasteiger partial charge in [-0.25, -0.2) is 0 Å². The van der Waals surface area contributed by atoms with Crippen LogP contribution in [0, 0.1) is 25.2 Å². The number of furan rings is 1. The zero-order valence-electron chi connectivity index (χ0n) is 18.4. The topological polar surface area (TPSA) is 104 Å². The standard InChI is InChI=1S/C24H25N3O4S/c1-5-30-20(28)13-32-24-17(12-25)22(19-11-10-15(3)31-19)21(16(4)26-24)23(29)27-18-9-7-6-8-14(18)2/h6-11,22,26H,5,13H2,1-4H3,(H,27,29)/t22-/m1/s1. The highest BCUT2D eigenvalue weighted by Crippen LogP contribution is 2.41. The number of ether oxygens (including phenoxy) is 1. The van der Waals surface area contributed by atoms with E-state index in [2.05, 4.69) is 16.7 Å². The van der Waals surface area contributed by atoms with Crippen LogP contribution in [0.4, 0.5) is 5.69 Å². The van der Waals surface area contributed by atoms with Gasteiger partial charge in [0.2, 0.25) is 0 Å². The predicted molar refractivity (Wildman–Crippen MR) is 124 cm³/mol. The Hall–Kier alpha value is -3.44. The number of carbonyl (C=O) groups is 2. The van der Waals surface area contributed by atoms with E-state index in [0.29, 0.717) is 39.1 Å². The highest BCUT2D eigenvalue weighted by molar-refractivity contribution is 8.03. The second kappa shape index (κ2) is 10.2. The van der Waals surface area contributed by atoms with Gasteiger partial charge in [-0.15, -0.1) is 0 Å². The zero-order chi connectivity index (χ0) is 23.3. The molecule has 7 nitrogen and oxygen atoms in total. The van der Waals surface area contributed by atoms with E-state index in [4.69, 9.17) is 9.15 Å². The van der Waals surface area contributed by atoms with Crippen LogP contribution in [0.25, 0.3) is 0 Å². The van der Waals surface area contributed by atoms with Crippen LogP contribution < -0.4 is 10.6 Å². The molecule has 0 aliphatic carbocycles. The first-order valence-corrected chi connectivity index (χ1v) is 11.2. The Morgan fingerprint density at radius 2 is 1.97 bits per heavy atom. The summed E-state index contributed by atoms with van der Waals surface area (Å²) in [5, 5.41) is 16.6. The van der Waals surface area contributed by atoms with Gasteiger partial charge in [0.1, 0.15) is 11.5 Å². The van der Waals surface area contributed by atoms with E-state index in [-0.39, 0.29) is 24.2 Å². The number of dihydropyridines is 1. The third kappa shape index (κ3) is 5.06. The van der Waals surface area contributed by atoms with E-state index in [1.54, 1.807) is 32.9 Å². The summed E-state index contributed by atoms with van der Waals surface area (Å²) in [7, 11) is 0. The highest BCUT2D eigenvalue weighted by Gasteiger charge is 2.37. The van der Waals surface area contributed by atoms with Crippen molar-refractivity contribution in [2.75, 3.05) is 17.7 Å². The molecule has 1 aromatic heterocycles. The Morgan fingerprint density at radius 3 is 2.59 bits per heavy atom. The fourth-order valence-electron chi connectivity index (χ4n) is 3.46. The van der Waals surface area contributed by atoms with Gasteiger partial charge in [0.25, 0.3) is 5.91 Å². The van der Waals surface area contributed by atoms with Crippen LogP contribution >= 0.6 is 11.8 Å². The second-order valence-corrected chi connectivity index (χ2v) is 8.25. The number of aryl methyl sites for hydroxylation is 2. The van der Waals surface area contributed by atoms with E-state index in [0.717, 1.165) is 5.56 Å². The van der Waals surface area contributed by atoms with Gasteiger partial charge in [0.05, 0.1) is 40.5 Å². The number of benzene rings is 1. The van der Waals surface area contributed by atoms with Crippen molar-refractivity contribution in [3.8, 4) is 6.07 Å². The molecule has 0 spiro atoms. The summed E-state index contributed by atoms with van der Waals surface area (Å²) in [6, 6.07) is 13.3. The van der Waals surface area contributed by atoms with E-state index in [9.17, 15) is 14.9 Å². The molecule has 0 saturated heterocycles. The van der Waals surface area contributed by atoms with Crippen molar-refractivity contribution < 1.29 is 18.7 Å². The van der Waals surface area contributed by atoms with Gasteiger partial charge < -0.3 is 19.8 Å². The lowest BCUT2D eigenvalue weighted by Crippen LogP contribution is -2.31. The summed E-state index contributed by atoms with van der Waals surface area (Å²) in [6.45, 7) is 7.51. The quantitative estimate of drug-likeness (QED) is 0.596. The Bertz CT molecular complexity index is 1140. The molecule has 0 saturated carbocycles. The molecule has 32 heavy (non-hydrogen) atoms. The molecule has 0 bridgehead atoms. The zero-order valence-corrected chi connectivity index (χ0v) is 19.3. The van der Waals surface area contributed by atoms with E-state index < -0.39 is 5.92 Å². The number of nitrogens with one attached hydrogen (secondary N) is 2. The van der Waals surface area contributed by atoms with Gasteiger partial charge in [-0.3, -0.25) is 9.59 Å². The molecule has 1 atom stereocenters. The maximum Gasteiger partial charge on any atom is 0.316 e. The molecule has 0 fully saturated rings. The molecular weight excluding hydrogens is 426 g/mol. The molecule has 0 unspecified atom stereocenters. The summed E-state index contributed by atoms with van der Waals surface area (Å²) < 4.78 is 10.8. The number of amides is 1. The molecule has 1 amide bonds. The Morgan fingerprint density at radius 1 is 1.22 bits per heavy atom. The first-order chi connectivity index (χ1) is 15.3. The molecule has 8 heteroatoms. The van der Waals surface area contributed by atoms with Crippen LogP contribution in [0.2, 0.25) is 0 Å². The number of esters is 1. The maximum absolute atomic E-state index is 13.4. The van der Waals surface area contributed by atoms with Gasteiger partial charge >= 0.3 is 5.97 Å². The summed E-state index contributed by atoms with van der Waals surface area (Å²) in [5.41, 5.74) is 2.90. The van der Waals surface area contributed by atoms with Crippen LogP contribution in [0.5, 0.6) is 0 Å². The Balaban J connectivity index is 2.00. The highest BCUT2D eigenvalue weighted by atomic mass is 32.2. The summed E-state index contributed by atoms with van der Waals surface area (Å²) in [6.07, 6.45) is 0. The van der Waals surface area contributed by atoms with E-state index in [1.165, 1.54) is 11.8 Å². The lowest BCUT2D eigenvalue weighted by molar-refractivity contribution is -0.139. The molecule has 0 radical (unpaired) electrons. The van der Waals surface area contributed by atoms with Gasteiger partial charge in [-0.2, -0.15) is 5.26 Å². The molecule has 1 aliphatic heterocycles. The van der Waals surface area contributed by atoms with Crippen molar-refractivity contribution in [3.63, 3.8) is 0 Å². The average molecular weight is 452 g/mol. The van der Waals surface area contributed by atoms with Crippen molar-refractivity contribution in [2.24, 2.45) is 0 Å². The monoisotopic (exact) mass is 451 g/mol. The smallest absolute Gasteiger partial charge is 0.316 e. The minimum absolute atomic E-state index is 0.0449. The average Bonchev–Trinajstić information content (AvgIpc) is 3.19. The molecule has 166 valence electrons. The number of hydrogen-bond acceptors (Lipinski definition) is 7. The van der Waals surface area contributed by atoms with E-state index >= 15 is 0 Å². The number of nitriles is 1. The number of nitrogens with zero attached hydrogens (tertiary/aromatic N) is 1. The second-order valence-electron chi connectivity index (χ2n) is 7.26. The SMILES string of the molecule is CCOC(=O)CSC1=C(C#N)[C@H](c2ccc(C)o2)C(C(=O)Nc2ccccc2C)=C(C)N1. The molecule has 1 aromatic carbocycles. The van der Waals surface area contributed by atoms with Crippen molar-refractivity contribution >= 4 is 29.3 Å². The molecule has 3 rings (SSSR count). The fourth-order valence-corrected chi connectivity index (χ4v) is 4.35. The number of carbonyl (C=O) groups excluding carboxylic acids is 2. The van der Waals surface area contributed by atoms with Crippen LogP contribution in [0.1, 0.15) is 36.8 Å². The third-order valence-electron chi connectivity index (χ3n) is 4.97. The summed E-state index contributed by atoms with van der Waals surface area (Å²) >= 11 is 1.17. The summed E-state index contributed by atoms with van der Waals surface area (Å²) in [4.78, 5) is 25.2. The third-order valence-corrected chi connectivity index (χ3v) is 5.96. The van der Waals surface area contributed by atoms with Crippen LogP contribution in [0.15, 0.2) is 62.7 Å². The minimum Gasteiger partial charge on any atom is -0.465 e. The first-order valence-electron chi connectivity index (χ1n) is 10.2. The lowest BCUT2D eigenvalue weighted by atomic mass is 9.85. The Kier molecular flexibility index (Phi) is 7.44. The van der Waals surface area contributed by atoms with Gasteiger partial charge in [-0.05, 0) is 51.5 Å². The number of anilines is 1. The van der Waals surface area contributed by atoms with Crippen molar-refractivity contribution in [1.29, 1.82) is 5.26 Å².